The molecule has 0 fully saturated rings. The van der Waals surface area contributed by atoms with Gasteiger partial charge in [0.15, 0.2) is 0 Å². The first-order valence-corrected chi connectivity index (χ1v) is 7.06. The molecule has 0 bridgehead atoms. The summed E-state index contributed by atoms with van der Waals surface area (Å²) in [5.74, 6) is -1.62. The van der Waals surface area contributed by atoms with Gasteiger partial charge in [-0.15, -0.1) is 0 Å². The molecule has 0 amide bonds. The Hall–Kier alpha value is -3.08. The number of nitrogens with zero attached hydrogens (tertiary/aromatic N) is 1. The highest BCUT2D eigenvalue weighted by molar-refractivity contribution is 6.39. The molecule has 0 heterocycles. The summed E-state index contributed by atoms with van der Waals surface area (Å²) in [6, 6.07) is 18.9. The minimum absolute atomic E-state index is 0.507. The molecule has 118 valence electrons. The van der Waals surface area contributed by atoms with Gasteiger partial charge in [0.2, 0.25) is 0 Å². The van der Waals surface area contributed by atoms with Gasteiger partial charge in [-0.05, 0) is 17.7 Å². The first kappa shape index (κ1) is 16.3. The average molecular weight is 310 g/mol. The van der Waals surface area contributed by atoms with Crippen molar-refractivity contribution in [2.24, 2.45) is 0 Å². The number of carbonyl (C=O) groups is 2. The number of rotatable bonds is 6. The lowest BCUT2D eigenvalue weighted by atomic mass is 10.1. The van der Waals surface area contributed by atoms with Crippen molar-refractivity contribution in [1.82, 2.24) is 5.43 Å². The molecule has 0 spiro atoms. The first-order valence-electron chi connectivity index (χ1n) is 7.06. The number of hydrogen-bond acceptors (Lipinski definition) is 5. The molecule has 0 unspecified atom stereocenters. The van der Waals surface area contributed by atoms with Crippen molar-refractivity contribution in [3.8, 4) is 0 Å². The van der Waals surface area contributed by atoms with Gasteiger partial charge in [-0.2, -0.15) is 0 Å². The normalized spacial score (nSPS) is 10.8. The zero-order valence-corrected chi connectivity index (χ0v) is 13.0. The monoisotopic (exact) mass is 310 g/mol. The van der Waals surface area contributed by atoms with Crippen LogP contribution in [-0.4, -0.2) is 25.9 Å². The standard InChI is InChI=1S/C18H18N2O3/c1-20(15-11-7-4-8-12-15)19-16(13-17(21)18(22)23-2)14-9-5-3-6-10-14/h3-13,19H,1-2H3/b16-13+. The second kappa shape index (κ2) is 7.79. The van der Waals surface area contributed by atoms with Crippen LogP contribution >= 0.6 is 0 Å². The fraction of sp³-hybridized carbons (Fsp3) is 0.111. The Labute approximate surface area is 135 Å². The van der Waals surface area contributed by atoms with Crippen LogP contribution in [0.5, 0.6) is 0 Å². The van der Waals surface area contributed by atoms with E-state index < -0.39 is 11.8 Å². The van der Waals surface area contributed by atoms with Gasteiger partial charge in [0, 0.05) is 13.1 Å². The second-order valence-electron chi connectivity index (χ2n) is 4.79. The first-order chi connectivity index (χ1) is 11.1. The maximum absolute atomic E-state index is 11.9. The number of ketones is 1. The summed E-state index contributed by atoms with van der Waals surface area (Å²) in [5.41, 5.74) is 5.33. The smallest absolute Gasteiger partial charge is 0.378 e. The highest BCUT2D eigenvalue weighted by Crippen LogP contribution is 2.15. The van der Waals surface area contributed by atoms with Crippen molar-refractivity contribution in [2.45, 2.75) is 0 Å². The van der Waals surface area contributed by atoms with Gasteiger partial charge in [0.25, 0.3) is 5.78 Å². The van der Waals surface area contributed by atoms with Gasteiger partial charge in [-0.25, -0.2) is 4.79 Å². The molecule has 23 heavy (non-hydrogen) atoms. The molecule has 0 saturated heterocycles. The summed E-state index contributed by atoms with van der Waals surface area (Å²) < 4.78 is 4.46. The molecule has 2 aromatic carbocycles. The molecule has 0 radical (unpaired) electrons. The van der Waals surface area contributed by atoms with Gasteiger partial charge < -0.3 is 4.74 Å². The number of anilines is 1. The number of para-hydroxylation sites is 1. The van der Waals surface area contributed by atoms with Crippen molar-refractivity contribution < 1.29 is 14.3 Å². The van der Waals surface area contributed by atoms with Crippen LogP contribution < -0.4 is 10.4 Å². The fourth-order valence-corrected chi connectivity index (χ4v) is 1.99. The Morgan fingerprint density at radius 1 is 1.00 bits per heavy atom. The highest BCUT2D eigenvalue weighted by Gasteiger charge is 2.14. The number of carbonyl (C=O) groups excluding carboxylic acids is 2. The number of hydrogen-bond donors (Lipinski definition) is 1. The van der Waals surface area contributed by atoms with Crippen LogP contribution in [0.15, 0.2) is 66.7 Å². The van der Waals surface area contributed by atoms with Gasteiger partial charge in [-0.3, -0.25) is 15.2 Å². The minimum Gasteiger partial charge on any atom is -0.463 e. The topological polar surface area (TPSA) is 58.6 Å². The third-order valence-electron chi connectivity index (χ3n) is 3.18. The lowest BCUT2D eigenvalue weighted by Crippen LogP contribution is -2.33. The largest absolute Gasteiger partial charge is 0.463 e. The van der Waals surface area contributed by atoms with E-state index in [1.807, 2.05) is 67.7 Å². The van der Waals surface area contributed by atoms with Crippen LogP contribution in [0.1, 0.15) is 5.56 Å². The molecule has 0 aromatic heterocycles. The third-order valence-corrected chi connectivity index (χ3v) is 3.18. The Kier molecular flexibility index (Phi) is 5.52. The maximum atomic E-state index is 11.9. The van der Waals surface area contributed by atoms with Gasteiger partial charge in [-0.1, -0.05) is 48.5 Å². The van der Waals surface area contributed by atoms with Crippen LogP contribution in [0, 0.1) is 0 Å². The second-order valence-corrected chi connectivity index (χ2v) is 4.79. The number of hydrazine groups is 1. The Morgan fingerprint density at radius 2 is 1.57 bits per heavy atom. The predicted octanol–water partition coefficient (Wildman–Crippen LogP) is 2.41. The van der Waals surface area contributed by atoms with Crippen molar-refractivity contribution in [2.75, 3.05) is 19.2 Å². The summed E-state index contributed by atoms with van der Waals surface area (Å²) in [7, 11) is 3.01. The predicted molar refractivity (Wildman–Crippen MR) is 89.4 cm³/mol. The molecule has 2 aromatic rings. The van der Waals surface area contributed by atoms with E-state index in [0.29, 0.717) is 5.70 Å². The number of benzene rings is 2. The summed E-state index contributed by atoms with van der Waals surface area (Å²) in [6.45, 7) is 0. The van der Waals surface area contributed by atoms with Crippen LogP contribution in [0.3, 0.4) is 0 Å². The lowest BCUT2D eigenvalue weighted by molar-refractivity contribution is -0.149. The molecule has 0 atom stereocenters. The zero-order chi connectivity index (χ0) is 16.7. The number of esters is 1. The molecular weight excluding hydrogens is 292 g/mol. The Balaban J connectivity index is 2.29. The minimum atomic E-state index is -0.900. The van der Waals surface area contributed by atoms with Crippen LogP contribution in [0.4, 0.5) is 5.69 Å². The van der Waals surface area contributed by atoms with Gasteiger partial charge in [0.05, 0.1) is 18.5 Å². The molecule has 0 saturated carbocycles. The van der Waals surface area contributed by atoms with Gasteiger partial charge in [0.1, 0.15) is 0 Å². The van der Waals surface area contributed by atoms with E-state index in [4.69, 9.17) is 0 Å². The quantitative estimate of drug-likeness (QED) is 0.384. The van der Waals surface area contributed by atoms with E-state index in [0.717, 1.165) is 11.3 Å². The molecule has 2 rings (SSSR count). The van der Waals surface area contributed by atoms with E-state index in [9.17, 15) is 9.59 Å². The van der Waals surface area contributed by atoms with E-state index in [-0.39, 0.29) is 0 Å². The van der Waals surface area contributed by atoms with Crippen molar-refractivity contribution in [3.05, 3.63) is 72.3 Å². The maximum Gasteiger partial charge on any atom is 0.378 e. The molecule has 0 aliphatic heterocycles. The van der Waals surface area contributed by atoms with E-state index in [1.165, 1.54) is 13.2 Å². The summed E-state index contributed by atoms with van der Waals surface area (Å²) in [5, 5.41) is 1.77. The van der Waals surface area contributed by atoms with E-state index >= 15 is 0 Å². The summed E-state index contributed by atoms with van der Waals surface area (Å²) >= 11 is 0. The summed E-state index contributed by atoms with van der Waals surface area (Å²) in [4.78, 5) is 23.2. The third kappa shape index (κ3) is 4.44. The summed E-state index contributed by atoms with van der Waals surface area (Å²) in [6.07, 6.45) is 1.24. The molecule has 1 N–H and O–H groups in total. The van der Waals surface area contributed by atoms with Crippen LogP contribution in [0.25, 0.3) is 5.70 Å². The molecule has 0 aliphatic carbocycles. The van der Waals surface area contributed by atoms with Crippen LogP contribution in [0.2, 0.25) is 0 Å². The molecule has 5 heteroatoms. The number of methoxy groups -OCH3 is 1. The zero-order valence-electron chi connectivity index (χ0n) is 13.0. The Morgan fingerprint density at radius 3 is 2.13 bits per heavy atom. The average Bonchev–Trinajstić information content (AvgIpc) is 2.61. The van der Waals surface area contributed by atoms with Crippen molar-refractivity contribution in [3.63, 3.8) is 0 Å². The molecule has 0 aliphatic rings. The van der Waals surface area contributed by atoms with Crippen LogP contribution in [-0.2, 0) is 14.3 Å². The van der Waals surface area contributed by atoms with E-state index in [2.05, 4.69) is 10.2 Å². The molecular formula is C18H18N2O3. The highest BCUT2D eigenvalue weighted by atomic mass is 16.5. The molecule has 5 nitrogen and oxygen atoms in total. The van der Waals surface area contributed by atoms with Crippen molar-refractivity contribution in [1.29, 1.82) is 0 Å². The lowest BCUT2D eigenvalue weighted by Gasteiger charge is -2.23. The number of ether oxygens (including phenoxy) is 1. The van der Waals surface area contributed by atoms with E-state index in [1.54, 1.807) is 5.01 Å². The van der Waals surface area contributed by atoms with Crippen molar-refractivity contribution >= 4 is 23.1 Å². The number of nitrogens with one attached hydrogen (secondary N) is 1. The SMILES string of the molecule is COC(=O)C(=O)/C=C(/NN(C)c1ccccc1)c1ccccc1. The van der Waals surface area contributed by atoms with Gasteiger partial charge >= 0.3 is 5.97 Å². The Bertz CT molecular complexity index is 697. The fourth-order valence-electron chi connectivity index (χ4n) is 1.99.